The number of amidine groups is 1. The molecule has 1 aliphatic carbocycles. The molecular weight excluding hydrogens is 382 g/mol. The molecule has 1 heterocycles. The highest BCUT2D eigenvalue weighted by atomic mass is 16.5. The molecule has 0 radical (unpaired) electrons. The van der Waals surface area contributed by atoms with Crippen molar-refractivity contribution in [1.82, 2.24) is 10.9 Å². The Hall–Kier alpha value is -1.95. The van der Waals surface area contributed by atoms with Gasteiger partial charge >= 0.3 is 11.9 Å². The van der Waals surface area contributed by atoms with E-state index in [1.54, 1.807) is 0 Å². The van der Waals surface area contributed by atoms with Crippen LogP contribution in [0.4, 0.5) is 0 Å². The molecule has 0 amide bonds. The standard InChI is InChI=1S/C18H33N5O6/c1-11(24)28-5-2-6-29-16(25)15-8-14-7-12(3-4-13(14)10-21-15)9-18(26,27)17(19)22-23-20/h12-15,21,23,26-27H,2-10,20H2,1H3,(H2,19,22). The number of carbonyl (C=O) groups excluding carboxylic acids is 2. The van der Waals surface area contributed by atoms with Crippen LogP contribution in [0.5, 0.6) is 0 Å². The second-order valence-corrected chi connectivity index (χ2v) is 7.90. The quantitative estimate of drug-likeness (QED) is 0.0503. The predicted molar refractivity (Wildman–Crippen MR) is 104 cm³/mol. The molecule has 0 bridgehead atoms. The fraction of sp³-hybridized carbons (Fsp3) is 0.833. The molecule has 11 heteroatoms. The summed E-state index contributed by atoms with van der Waals surface area (Å²) in [5, 5.41) is 27.0. The molecule has 8 N–H and O–H groups in total. The third-order valence-electron chi connectivity index (χ3n) is 5.70. The molecule has 1 saturated carbocycles. The summed E-state index contributed by atoms with van der Waals surface area (Å²) >= 11 is 0. The lowest BCUT2D eigenvalue weighted by atomic mass is 9.68. The molecule has 0 spiro atoms. The first kappa shape index (κ1) is 23.3. The highest BCUT2D eigenvalue weighted by Crippen LogP contribution is 2.41. The second-order valence-electron chi connectivity index (χ2n) is 7.90. The zero-order valence-electron chi connectivity index (χ0n) is 16.8. The van der Waals surface area contributed by atoms with Crippen molar-refractivity contribution in [3.05, 3.63) is 0 Å². The first-order valence-corrected chi connectivity index (χ1v) is 10.00. The molecular formula is C18H33N5O6. The number of aliphatic hydroxyl groups is 2. The van der Waals surface area contributed by atoms with Crippen molar-refractivity contribution in [2.75, 3.05) is 19.8 Å². The molecule has 0 aromatic heterocycles. The van der Waals surface area contributed by atoms with E-state index < -0.39 is 5.79 Å². The SMILES string of the molecule is CC(=O)OCCCOC(=O)C1CC2CC(CC(O)(O)/C(N)=N/NN)CCC2CN1. The Bertz CT molecular complexity index is 599. The molecule has 166 valence electrons. The molecule has 0 aromatic carbocycles. The van der Waals surface area contributed by atoms with Gasteiger partial charge in [0, 0.05) is 19.8 Å². The number of nitrogens with two attached hydrogens (primary N) is 2. The van der Waals surface area contributed by atoms with Gasteiger partial charge < -0.3 is 30.7 Å². The lowest BCUT2D eigenvalue weighted by Crippen LogP contribution is -2.51. The number of rotatable bonds is 9. The average Bonchev–Trinajstić information content (AvgIpc) is 2.66. The number of nitrogens with one attached hydrogen (secondary N) is 2. The molecule has 2 fully saturated rings. The van der Waals surface area contributed by atoms with E-state index in [0.29, 0.717) is 18.8 Å². The summed E-state index contributed by atoms with van der Waals surface area (Å²) < 4.78 is 10.1. The summed E-state index contributed by atoms with van der Waals surface area (Å²) in [6.07, 6.45) is 3.72. The Kier molecular flexibility index (Phi) is 8.62. The van der Waals surface area contributed by atoms with Gasteiger partial charge in [-0.15, -0.1) is 5.10 Å². The minimum absolute atomic E-state index is 0.0521. The van der Waals surface area contributed by atoms with Crippen molar-refractivity contribution in [3.63, 3.8) is 0 Å². The lowest BCUT2D eigenvalue weighted by Gasteiger charge is -2.43. The number of hydrogen-bond donors (Lipinski definition) is 6. The summed E-state index contributed by atoms with van der Waals surface area (Å²) in [6.45, 7) is 2.49. The number of ether oxygens (including phenoxy) is 2. The summed E-state index contributed by atoms with van der Waals surface area (Å²) in [7, 11) is 0. The first-order valence-electron chi connectivity index (χ1n) is 10.00. The van der Waals surface area contributed by atoms with Crippen molar-refractivity contribution in [3.8, 4) is 0 Å². The predicted octanol–water partition coefficient (Wildman–Crippen LogP) is -1.32. The maximum atomic E-state index is 12.3. The second kappa shape index (κ2) is 10.7. The van der Waals surface area contributed by atoms with Crippen LogP contribution in [0.3, 0.4) is 0 Å². The van der Waals surface area contributed by atoms with Gasteiger partial charge in [0.15, 0.2) is 5.84 Å². The number of hydrogen-bond acceptors (Lipinski definition) is 10. The number of fused-ring (bicyclic) bond motifs is 1. The maximum Gasteiger partial charge on any atom is 0.323 e. The first-order chi connectivity index (χ1) is 13.7. The van der Waals surface area contributed by atoms with Crippen molar-refractivity contribution >= 4 is 17.8 Å². The normalized spacial score (nSPS) is 27.7. The third-order valence-corrected chi connectivity index (χ3v) is 5.70. The van der Waals surface area contributed by atoms with Gasteiger partial charge in [-0.3, -0.25) is 9.59 Å². The smallest absolute Gasteiger partial charge is 0.323 e. The molecule has 11 nitrogen and oxygen atoms in total. The minimum Gasteiger partial charge on any atom is -0.466 e. The van der Waals surface area contributed by atoms with E-state index in [4.69, 9.17) is 21.1 Å². The lowest BCUT2D eigenvalue weighted by molar-refractivity contribution is -0.149. The van der Waals surface area contributed by atoms with Crippen LogP contribution in [0.2, 0.25) is 0 Å². The fourth-order valence-corrected chi connectivity index (χ4v) is 4.24. The van der Waals surface area contributed by atoms with E-state index in [9.17, 15) is 19.8 Å². The van der Waals surface area contributed by atoms with Gasteiger partial charge in [0.2, 0.25) is 5.79 Å². The Balaban J connectivity index is 1.80. The van der Waals surface area contributed by atoms with Gasteiger partial charge in [0.1, 0.15) is 6.04 Å². The van der Waals surface area contributed by atoms with Crippen molar-refractivity contribution in [2.45, 2.75) is 57.3 Å². The molecule has 0 aromatic rings. The monoisotopic (exact) mass is 415 g/mol. The highest BCUT2D eigenvalue weighted by molar-refractivity contribution is 5.86. The largest absolute Gasteiger partial charge is 0.466 e. The van der Waals surface area contributed by atoms with Gasteiger partial charge in [-0.05, 0) is 50.0 Å². The number of piperidine rings is 1. The van der Waals surface area contributed by atoms with Crippen LogP contribution >= 0.6 is 0 Å². The number of hydrazine groups is 1. The molecule has 4 atom stereocenters. The molecule has 2 aliphatic rings. The van der Waals surface area contributed by atoms with Crippen LogP contribution in [-0.2, 0) is 19.1 Å². The van der Waals surface area contributed by atoms with E-state index in [1.165, 1.54) is 6.92 Å². The Labute approximate surface area is 170 Å². The van der Waals surface area contributed by atoms with Gasteiger partial charge in [-0.25, -0.2) is 11.4 Å². The summed E-state index contributed by atoms with van der Waals surface area (Å²) in [4.78, 5) is 23.0. The van der Waals surface area contributed by atoms with E-state index in [2.05, 4.69) is 10.4 Å². The van der Waals surface area contributed by atoms with Crippen LogP contribution in [0.25, 0.3) is 0 Å². The number of carbonyl (C=O) groups is 2. The van der Waals surface area contributed by atoms with Crippen LogP contribution in [0, 0.1) is 17.8 Å². The minimum atomic E-state index is -2.23. The number of esters is 2. The Morgan fingerprint density at radius 3 is 2.62 bits per heavy atom. The Morgan fingerprint density at radius 1 is 1.21 bits per heavy atom. The van der Waals surface area contributed by atoms with Gasteiger partial charge in [0.05, 0.1) is 13.2 Å². The van der Waals surface area contributed by atoms with E-state index in [1.807, 2.05) is 5.53 Å². The van der Waals surface area contributed by atoms with Crippen molar-refractivity contribution in [2.24, 2.45) is 34.4 Å². The molecule has 1 saturated heterocycles. The van der Waals surface area contributed by atoms with E-state index in [-0.39, 0.29) is 55.3 Å². The molecule has 2 rings (SSSR count). The fourth-order valence-electron chi connectivity index (χ4n) is 4.24. The summed E-state index contributed by atoms with van der Waals surface area (Å²) in [5.74, 6) is 2.57. The summed E-state index contributed by atoms with van der Waals surface area (Å²) in [5.41, 5.74) is 7.53. The van der Waals surface area contributed by atoms with E-state index >= 15 is 0 Å². The molecule has 4 unspecified atom stereocenters. The zero-order valence-corrected chi connectivity index (χ0v) is 16.8. The van der Waals surface area contributed by atoms with Crippen LogP contribution in [-0.4, -0.2) is 59.6 Å². The molecule has 29 heavy (non-hydrogen) atoms. The number of hydrazone groups is 1. The molecule has 1 aliphatic heterocycles. The van der Waals surface area contributed by atoms with Crippen LogP contribution in [0.1, 0.15) is 45.4 Å². The summed E-state index contributed by atoms with van der Waals surface area (Å²) in [6, 6.07) is -0.384. The van der Waals surface area contributed by atoms with Crippen molar-refractivity contribution < 1.29 is 29.3 Å². The van der Waals surface area contributed by atoms with Crippen molar-refractivity contribution in [1.29, 1.82) is 0 Å². The topological polar surface area (TPSA) is 182 Å². The van der Waals surface area contributed by atoms with Crippen LogP contribution < -0.4 is 22.4 Å². The van der Waals surface area contributed by atoms with Gasteiger partial charge in [-0.2, -0.15) is 0 Å². The average molecular weight is 415 g/mol. The highest BCUT2D eigenvalue weighted by Gasteiger charge is 2.41. The zero-order chi connectivity index (χ0) is 21.4. The van der Waals surface area contributed by atoms with E-state index in [0.717, 1.165) is 25.8 Å². The van der Waals surface area contributed by atoms with Crippen LogP contribution in [0.15, 0.2) is 5.10 Å². The van der Waals surface area contributed by atoms with Gasteiger partial charge in [0.25, 0.3) is 0 Å². The Morgan fingerprint density at radius 2 is 1.93 bits per heavy atom. The van der Waals surface area contributed by atoms with Gasteiger partial charge in [-0.1, -0.05) is 0 Å². The maximum absolute atomic E-state index is 12.3. The number of nitrogens with zero attached hydrogens (tertiary/aromatic N) is 1. The third kappa shape index (κ3) is 7.11.